The highest BCUT2D eigenvalue weighted by molar-refractivity contribution is 8.23. The average molecular weight is 421 g/mol. The Hall–Kier alpha value is -1.48. The molecule has 1 amide bonds. The summed E-state index contributed by atoms with van der Waals surface area (Å²) in [6.07, 6.45) is 0.769. The van der Waals surface area contributed by atoms with Crippen LogP contribution in [-0.2, 0) is 16.1 Å². The van der Waals surface area contributed by atoms with Gasteiger partial charge in [0.05, 0.1) is 16.3 Å². The smallest absolute Gasteiger partial charge is 0.354 e. The largest absolute Gasteiger partial charge is 0.477 e. The van der Waals surface area contributed by atoms with Gasteiger partial charge in [-0.2, -0.15) is 0 Å². The van der Waals surface area contributed by atoms with Crippen LogP contribution >= 0.6 is 23.5 Å². The van der Waals surface area contributed by atoms with Crippen LogP contribution in [-0.4, -0.2) is 61.7 Å². The van der Waals surface area contributed by atoms with E-state index in [9.17, 15) is 19.8 Å². The Balaban J connectivity index is 1.42. The number of nitrogens with zero attached hydrogens (tertiary/aromatic N) is 2. The maximum atomic E-state index is 12.4. The lowest BCUT2D eigenvalue weighted by atomic mass is 9.90. The molecule has 4 rings (SSSR count). The molecular formula is C20H24N2O4S2. The molecule has 1 aromatic rings. The second-order valence-corrected chi connectivity index (χ2v) is 10.1. The Morgan fingerprint density at radius 3 is 2.79 bits per heavy atom. The fraction of sp³-hybridized carbons (Fsp3) is 0.500. The number of fused-ring (bicyclic) bond motifs is 1. The minimum Gasteiger partial charge on any atom is -0.477 e. The Kier molecular flexibility index (Phi) is 5.73. The van der Waals surface area contributed by atoms with Crippen LogP contribution in [0.5, 0.6) is 0 Å². The van der Waals surface area contributed by atoms with Gasteiger partial charge in [-0.05, 0) is 24.9 Å². The van der Waals surface area contributed by atoms with Gasteiger partial charge in [0.25, 0.3) is 0 Å². The van der Waals surface area contributed by atoms with Gasteiger partial charge in [-0.3, -0.25) is 14.6 Å². The minimum absolute atomic E-state index is 0.103. The van der Waals surface area contributed by atoms with Crippen LogP contribution in [0.1, 0.15) is 25.3 Å². The van der Waals surface area contributed by atoms with Gasteiger partial charge < -0.3 is 10.2 Å². The van der Waals surface area contributed by atoms with Crippen molar-refractivity contribution in [3.05, 3.63) is 45.8 Å². The Morgan fingerprint density at radius 2 is 2.11 bits per heavy atom. The highest BCUT2D eigenvalue weighted by Crippen LogP contribution is 2.55. The summed E-state index contributed by atoms with van der Waals surface area (Å²) in [6, 6.07) is 10.3. The van der Waals surface area contributed by atoms with Crippen molar-refractivity contribution < 1.29 is 19.8 Å². The van der Waals surface area contributed by atoms with E-state index in [1.165, 1.54) is 22.2 Å². The lowest BCUT2D eigenvalue weighted by Crippen LogP contribution is -2.61. The summed E-state index contributed by atoms with van der Waals surface area (Å²) in [6.45, 7) is 4.61. The second-order valence-electron chi connectivity index (χ2n) is 7.41. The molecule has 0 spiro atoms. The molecular weight excluding hydrogens is 396 g/mol. The number of carboxylic acids is 1. The number of aliphatic carboxylic acids is 1. The summed E-state index contributed by atoms with van der Waals surface area (Å²) in [4.78, 5) is 28.0. The number of β-lactam (4-membered cyclic amide) rings is 1. The first kappa shape index (κ1) is 19.8. The normalized spacial score (nSPS) is 28.4. The van der Waals surface area contributed by atoms with E-state index in [2.05, 4.69) is 17.0 Å². The number of carbonyl (C=O) groups is 2. The van der Waals surface area contributed by atoms with Crippen LogP contribution in [0.4, 0.5) is 0 Å². The highest BCUT2D eigenvalue weighted by Gasteiger charge is 2.58. The van der Waals surface area contributed by atoms with Gasteiger partial charge >= 0.3 is 5.97 Å². The summed E-state index contributed by atoms with van der Waals surface area (Å²) >= 11 is 3.01. The number of benzene rings is 1. The van der Waals surface area contributed by atoms with Crippen molar-refractivity contribution in [2.45, 2.75) is 43.0 Å². The van der Waals surface area contributed by atoms with Crippen LogP contribution in [0.2, 0.25) is 0 Å². The summed E-state index contributed by atoms with van der Waals surface area (Å²) in [5.74, 6) is -1.83. The maximum absolute atomic E-state index is 12.4. The lowest BCUT2D eigenvalue weighted by Gasteiger charge is -2.44. The van der Waals surface area contributed by atoms with Gasteiger partial charge in [0.2, 0.25) is 5.91 Å². The predicted molar refractivity (Wildman–Crippen MR) is 110 cm³/mol. The number of carboxylic acid groups (broad SMARTS) is 1. The summed E-state index contributed by atoms with van der Waals surface area (Å²) in [5, 5.41) is 19.8. The first-order valence-corrected chi connectivity index (χ1v) is 11.3. The monoisotopic (exact) mass is 420 g/mol. The van der Waals surface area contributed by atoms with Crippen LogP contribution in [0.15, 0.2) is 40.3 Å². The third-order valence-electron chi connectivity index (χ3n) is 5.53. The molecule has 6 nitrogen and oxygen atoms in total. The van der Waals surface area contributed by atoms with Gasteiger partial charge in [-0.25, -0.2) is 4.79 Å². The highest BCUT2D eigenvalue weighted by atomic mass is 32.2. The number of likely N-dealkylation sites (tertiary alicyclic amines) is 1. The molecule has 0 aliphatic carbocycles. The van der Waals surface area contributed by atoms with Gasteiger partial charge in [-0.1, -0.05) is 49.0 Å². The third kappa shape index (κ3) is 3.58. The average Bonchev–Trinajstić information content (AvgIpc) is 3.25. The number of aliphatic hydroxyl groups is 1. The molecule has 2 saturated heterocycles. The van der Waals surface area contributed by atoms with E-state index < -0.39 is 18.0 Å². The number of carbonyl (C=O) groups excluding carboxylic acids is 1. The van der Waals surface area contributed by atoms with Gasteiger partial charge in [0.15, 0.2) is 5.70 Å². The predicted octanol–water partition coefficient (Wildman–Crippen LogP) is 2.55. The molecule has 8 heteroatoms. The zero-order valence-corrected chi connectivity index (χ0v) is 17.3. The van der Waals surface area contributed by atoms with Crippen molar-refractivity contribution in [2.24, 2.45) is 5.92 Å². The molecule has 150 valence electrons. The van der Waals surface area contributed by atoms with Crippen LogP contribution in [0, 0.1) is 5.92 Å². The molecule has 3 aliphatic rings. The number of thioether (sulfide) groups is 2. The molecule has 0 unspecified atom stereocenters. The lowest BCUT2D eigenvalue weighted by molar-refractivity contribution is -0.157. The van der Waals surface area contributed by atoms with E-state index in [-0.39, 0.29) is 17.0 Å². The van der Waals surface area contributed by atoms with E-state index >= 15 is 0 Å². The standard InChI is InChI=1S/C20H24N2O4S2/c1-2-14(23)15-17(24)22-16(19(25)26)20(28-18(15)22)27-13-8-9-21(11-13)10-12-6-4-3-5-7-12/h3-7,13-15,18,23H,2,8-11H2,1H3,(H,25,26)/t13-,14-,15+,18+/m0/s1. The molecule has 0 bridgehead atoms. The summed E-state index contributed by atoms with van der Waals surface area (Å²) < 4.78 is 0.711. The molecule has 2 fully saturated rings. The molecule has 2 N–H and O–H groups in total. The summed E-state index contributed by atoms with van der Waals surface area (Å²) in [7, 11) is 0. The fourth-order valence-corrected chi connectivity index (χ4v) is 7.34. The van der Waals surface area contributed by atoms with Crippen molar-refractivity contribution in [2.75, 3.05) is 13.1 Å². The minimum atomic E-state index is -1.06. The number of hydrogen-bond donors (Lipinski definition) is 2. The molecule has 4 atom stereocenters. The number of rotatable bonds is 7. The Bertz CT molecular complexity index is 801. The second kappa shape index (κ2) is 8.10. The van der Waals surface area contributed by atoms with Crippen LogP contribution in [0.25, 0.3) is 0 Å². The van der Waals surface area contributed by atoms with E-state index in [0.29, 0.717) is 15.9 Å². The van der Waals surface area contributed by atoms with Crippen LogP contribution < -0.4 is 0 Å². The first-order chi connectivity index (χ1) is 13.5. The summed E-state index contributed by atoms with van der Waals surface area (Å²) in [5.41, 5.74) is 1.38. The molecule has 0 aromatic heterocycles. The van der Waals surface area contributed by atoms with E-state index in [4.69, 9.17) is 0 Å². The number of hydrogen-bond acceptors (Lipinski definition) is 6. The molecule has 3 heterocycles. The van der Waals surface area contributed by atoms with Crippen LogP contribution in [0.3, 0.4) is 0 Å². The topological polar surface area (TPSA) is 81.1 Å². The first-order valence-electron chi connectivity index (χ1n) is 9.58. The molecule has 0 radical (unpaired) electrons. The molecule has 0 saturated carbocycles. The fourth-order valence-electron chi connectivity index (χ4n) is 4.03. The van der Waals surface area contributed by atoms with Gasteiger partial charge in [0.1, 0.15) is 5.37 Å². The number of aliphatic hydroxyl groups excluding tert-OH is 1. The maximum Gasteiger partial charge on any atom is 0.354 e. The van der Waals surface area contributed by atoms with E-state index in [1.807, 2.05) is 25.1 Å². The zero-order valence-electron chi connectivity index (χ0n) is 15.7. The molecule has 1 aromatic carbocycles. The SMILES string of the molecule is CC[C@H](O)[C@@H]1C(=O)N2C(C(=O)O)=C(S[C@H]3CCN(Cc4ccccc4)C3)S[C@H]12. The number of amides is 1. The van der Waals surface area contributed by atoms with Gasteiger partial charge in [0, 0.05) is 18.3 Å². The van der Waals surface area contributed by atoms with Crippen molar-refractivity contribution in [3.63, 3.8) is 0 Å². The van der Waals surface area contributed by atoms with Crippen molar-refractivity contribution in [1.82, 2.24) is 9.80 Å². The van der Waals surface area contributed by atoms with Crippen molar-refractivity contribution >= 4 is 35.4 Å². The van der Waals surface area contributed by atoms with E-state index in [0.717, 1.165) is 26.1 Å². The quantitative estimate of drug-likeness (QED) is 0.656. The van der Waals surface area contributed by atoms with Gasteiger partial charge in [-0.15, -0.1) is 11.8 Å². The Morgan fingerprint density at radius 1 is 1.36 bits per heavy atom. The molecule has 28 heavy (non-hydrogen) atoms. The molecule has 3 aliphatic heterocycles. The van der Waals surface area contributed by atoms with Crippen molar-refractivity contribution in [1.29, 1.82) is 0 Å². The Labute approximate surface area is 173 Å². The zero-order chi connectivity index (χ0) is 19.8. The third-order valence-corrected chi connectivity index (χ3v) is 8.39. The van der Waals surface area contributed by atoms with Crippen molar-refractivity contribution in [3.8, 4) is 0 Å². The van der Waals surface area contributed by atoms with E-state index in [1.54, 1.807) is 11.8 Å².